The van der Waals surface area contributed by atoms with Gasteiger partial charge in [-0.15, -0.1) is 0 Å². The smallest absolute Gasteiger partial charge is 0.190 e. The average molecular weight is 346 g/mol. The Morgan fingerprint density at radius 2 is 1.83 bits per heavy atom. The Morgan fingerprint density at radius 1 is 1.09 bits per heavy atom. The van der Waals surface area contributed by atoms with Crippen molar-refractivity contribution in [2.45, 2.75) is 12.3 Å². The van der Waals surface area contributed by atoms with Crippen LogP contribution in [0.15, 0.2) is 54.2 Å². The minimum atomic E-state index is 0.102. The number of hydrogen-bond donors (Lipinski definition) is 0. The molecule has 0 aliphatic heterocycles. The van der Waals surface area contributed by atoms with E-state index >= 15 is 0 Å². The molecule has 1 aliphatic rings. The molecule has 0 radical (unpaired) electrons. The zero-order valence-electron chi connectivity index (χ0n) is 13.0. The summed E-state index contributed by atoms with van der Waals surface area (Å²) in [7, 11) is 3.85. The quantitative estimate of drug-likeness (QED) is 0.701. The largest absolute Gasteiger partial charge is 0.383 e. The molecule has 1 atom stereocenters. The number of Topliss-reactive ketones (excluding diaryl/α,β-unsaturated/α-hetero) is 1. The monoisotopic (exact) mass is 345 g/mol. The van der Waals surface area contributed by atoms with Crippen LogP contribution in [0.3, 0.4) is 0 Å². The van der Waals surface area contributed by atoms with E-state index < -0.39 is 0 Å². The Kier molecular flexibility index (Phi) is 4.47. The van der Waals surface area contributed by atoms with Crippen molar-refractivity contribution < 1.29 is 4.79 Å². The van der Waals surface area contributed by atoms with Crippen LogP contribution in [0.4, 0.5) is 0 Å². The highest BCUT2D eigenvalue weighted by Crippen LogP contribution is 2.40. The van der Waals surface area contributed by atoms with Crippen molar-refractivity contribution in [3.8, 4) is 0 Å². The van der Waals surface area contributed by atoms with Crippen LogP contribution < -0.4 is 0 Å². The predicted octanol–water partition coefficient (Wildman–Crippen LogP) is 5.16. The first-order valence-corrected chi connectivity index (χ1v) is 8.18. The number of allylic oxidation sites excluding steroid dienone is 1. The summed E-state index contributed by atoms with van der Waals surface area (Å²) in [6, 6.07) is 13.5. The number of carbonyl (C=O) groups excluding carboxylic acids is 1. The van der Waals surface area contributed by atoms with E-state index in [1.165, 1.54) is 0 Å². The molecule has 2 nitrogen and oxygen atoms in total. The standard InChI is InChI=1S/C19H17Cl2NO/c1-22(2)11-13-9-16(12-7-8-17(20)18(21)10-12)14-5-3-4-6-15(14)19(13)23/h3-8,10-11,16H,9H2,1-2H3/b13-11+/t16-/m0/s1. The molecular weight excluding hydrogens is 329 g/mol. The summed E-state index contributed by atoms with van der Waals surface area (Å²) < 4.78 is 0. The van der Waals surface area contributed by atoms with Crippen molar-refractivity contribution in [2.24, 2.45) is 0 Å². The van der Waals surface area contributed by atoms with Crippen LogP contribution in [0.2, 0.25) is 10.0 Å². The number of ketones is 1. The zero-order valence-corrected chi connectivity index (χ0v) is 14.5. The molecule has 23 heavy (non-hydrogen) atoms. The third kappa shape index (κ3) is 3.15. The van der Waals surface area contributed by atoms with Gasteiger partial charge in [0.1, 0.15) is 0 Å². The van der Waals surface area contributed by atoms with E-state index in [9.17, 15) is 4.79 Å². The third-order valence-electron chi connectivity index (χ3n) is 4.06. The third-order valence-corrected chi connectivity index (χ3v) is 4.80. The summed E-state index contributed by atoms with van der Waals surface area (Å²) >= 11 is 12.2. The molecule has 3 rings (SSSR count). The van der Waals surface area contributed by atoms with Gasteiger partial charge in [-0.25, -0.2) is 0 Å². The molecule has 0 spiro atoms. The molecule has 0 aromatic heterocycles. The van der Waals surface area contributed by atoms with Crippen molar-refractivity contribution >= 4 is 29.0 Å². The van der Waals surface area contributed by atoms with Gasteiger partial charge in [0.2, 0.25) is 0 Å². The number of fused-ring (bicyclic) bond motifs is 1. The summed E-state index contributed by atoms with van der Waals surface area (Å²) in [4.78, 5) is 14.6. The van der Waals surface area contributed by atoms with Crippen molar-refractivity contribution in [3.63, 3.8) is 0 Å². The average Bonchev–Trinajstić information content (AvgIpc) is 2.52. The molecule has 0 bridgehead atoms. The van der Waals surface area contributed by atoms with Gasteiger partial charge in [-0.2, -0.15) is 0 Å². The Hall–Kier alpha value is -1.77. The van der Waals surface area contributed by atoms with Gasteiger partial charge in [-0.3, -0.25) is 4.79 Å². The predicted molar refractivity (Wildman–Crippen MR) is 95.5 cm³/mol. The molecule has 2 aromatic rings. The number of hydrogen-bond acceptors (Lipinski definition) is 2. The van der Waals surface area contributed by atoms with E-state index in [4.69, 9.17) is 23.2 Å². The lowest BCUT2D eigenvalue weighted by Gasteiger charge is -2.28. The van der Waals surface area contributed by atoms with Gasteiger partial charge in [-0.05, 0) is 29.7 Å². The van der Waals surface area contributed by atoms with Crippen LogP contribution >= 0.6 is 23.2 Å². The Bertz CT molecular complexity index is 796. The molecule has 0 heterocycles. The van der Waals surface area contributed by atoms with Gasteiger partial charge >= 0.3 is 0 Å². The molecule has 0 amide bonds. The highest BCUT2D eigenvalue weighted by atomic mass is 35.5. The fraction of sp³-hybridized carbons (Fsp3) is 0.211. The number of benzene rings is 2. The number of halogens is 2. The maximum absolute atomic E-state index is 12.7. The van der Waals surface area contributed by atoms with Gasteiger partial charge in [-0.1, -0.05) is 53.5 Å². The highest BCUT2D eigenvalue weighted by molar-refractivity contribution is 6.42. The van der Waals surface area contributed by atoms with E-state index in [1.54, 1.807) is 0 Å². The van der Waals surface area contributed by atoms with Gasteiger partial charge in [0.25, 0.3) is 0 Å². The Balaban J connectivity index is 2.14. The molecule has 0 fully saturated rings. The summed E-state index contributed by atoms with van der Waals surface area (Å²) in [5, 5.41) is 1.08. The first-order chi connectivity index (χ1) is 11.0. The lowest BCUT2D eigenvalue weighted by Crippen LogP contribution is -2.21. The van der Waals surface area contributed by atoms with E-state index in [0.29, 0.717) is 16.5 Å². The van der Waals surface area contributed by atoms with Crippen molar-refractivity contribution in [2.75, 3.05) is 14.1 Å². The van der Waals surface area contributed by atoms with E-state index in [0.717, 1.165) is 22.3 Å². The van der Waals surface area contributed by atoms with Crippen molar-refractivity contribution in [1.82, 2.24) is 4.90 Å². The van der Waals surface area contributed by atoms with Crippen LogP contribution in [0.1, 0.15) is 33.8 Å². The minimum absolute atomic E-state index is 0.102. The number of nitrogens with zero attached hydrogens (tertiary/aromatic N) is 1. The van der Waals surface area contributed by atoms with E-state index in [2.05, 4.69) is 0 Å². The second kappa shape index (κ2) is 6.38. The SMILES string of the molecule is CN(C)/C=C1\C[C@@H](c2ccc(Cl)c(Cl)c2)c2ccccc2C1=O. The normalized spacial score (nSPS) is 18.9. The fourth-order valence-electron chi connectivity index (χ4n) is 3.05. The van der Waals surface area contributed by atoms with Crippen LogP contribution in [-0.4, -0.2) is 24.8 Å². The second-order valence-electron chi connectivity index (χ2n) is 5.96. The van der Waals surface area contributed by atoms with Crippen LogP contribution in [-0.2, 0) is 0 Å². The zero-order chi connectivity index (χ0) is 16.6. The highest BCUT2D eigenvalue weighted by Gasteiger charge is 2.30. The Labute approximate surface area is 146 Å². The summed E-state index contributed by atoms with van der Waals surface area (Å²) in [5.41, 5.74) is 3.70. The van der Waals surface area contributed by atoms with E-state index in [1.807, 2.05) is 67.7 Å². The van der Waals surface area contributed by atoms with Gasteiger partial charge < -0.3 is 4.90 Å². The van der Waals surface area contributed by atoms with Crippen molar-refractivity contribution in [1.29, 1.82) is 0 Å². The van der Waals surface area contributed by atoms with Crippen LogP contribution in [0.25, 0.3) is 0 Å². The molecule has 1 aliphatic carbocycles. The maximum Gasteiger partial charge on any atom is 0.190 e. The summed E-state index contributed by atoms with van der Waals surface area (Å²) in [5.74, 6) is 0.204. The molecule has 0 saturated carbocycles. The first-order valence-electron chi connectivity index (χ1n) is 7.43. The molecule has 4 heteroatoms. The first kappa shape index (κ1) is 16.1. The van der Waals surface area contributed by atoms with Crippen LogP contribution in [0.5, 0.6) is 0 Å². The van der Waals surface area contributed by atoms with Crippen LogP contribution in [0, 0.1) is 0 Å². The molecular formula is C19H17Cl2NO. The summed E-state index contributed by atoms with van der Waals surface area (Å²) in [6.07, 6.45) is 2.56. The minimum Gasteiger partial charge on any atom is -0.383 e. The van der Waals surface area contributed by atoms with Gasteiger partial charge in [0, 0.05) is 37.3 Å². The molecule has 118 valence electrons. The lowest BCUT2D eigenvalue weighted by molar-refractivity contribution is 0.102. The van der Waals surface area contributed by atoms with Gasteiger partial charge in [0.05, 0.1) is 10.0 Å². The number of carbonyl (C=O) groups is 1. The molecule has 0 unspecified atom stereocenters. The fourth-order valence-corrected chi connectivity index (χ4v) is 3.36. The lowest BCUT2D eigenvalue weighted by atomic mass is 9.76. The van der Waals surface area contributed by atoms with Crippen molar-refractivity contribution in [3.05, 3.63) is 81.0 Å². The molecule has 2 aromatic carbocycles. The van der Waals surface area contributed by atoms with Gasteiger partial charge in [0.15, 0.2) is 5.78 Å². The topological polar surface area (TPSA) is 20.3 Å². The number of rotatable bonds is 2. The van der Waals surface area contributed by atoms with E-state index in [-0.39, 0.29) is 11.7 Å². The molecule has 0 saturated heterocycles. The Morgan fingerprint density at radius 3 is 2.52 bits per heavy atom. The maximum atomic E-state index is 12.7. The molecule has 0 N–H and O–H groups in total. The second-order valence-corrected chi connectivity index (χ2v) is 6.78. The summed E-state index contributed by atoms with van der Waals surface area (Å²) in [6.45, 7) is 0.